The maximum absolute atomic E-state index is 12.3. The summed E-state index contributed by atoms with van der Waals surface area (Å²) in [6.07, 6.45) is -3.74. The van der Waals surface area contributed by atoms with E-state index in [1.54, 1.807) is 25.1 Å². The molecule has 2 nitrogen and oxygen atoms in total. The van der Waals surface area contributed by atoms with Crippen molar-refractivity contribution in [3.05, 3.63) is 34.9 Å². The second-order valence-corrected chi connectivity index (χ2v) is 4.81. The highest BCUT2D eigenvalue weighted by Gasteiger charge is 2.30. The Kier molecular flexibility index (Phi) is 6.10. The van der Waals surface area contributed by atoms with Gasteiger partial charge in [-0.15, -0.1) is 0 Å². The highest BCUT2D eigenvalue weighted by Crippen LogP contribution is 2.24. The third-order valence-electron chi connectivity index (χ3n) is 2.91. The van der Waals surface area contributed by atoms with Crippen LogP contribution in [0, 0.1) is 0 Å². The molecule has 0 saturated heterocycles. The van der Waals surface area contributed by atoms with Crippen LogP contribution in [0.3, 0.4) is 0 Å². The highest BCUT2D eigenvalue weighted by molar-refractivity contribution is 6.31. The van der Waals surface area contributed by atoms with E-state index in [9.17, 15) is 13.2 Å². The van der Waals surface area contributed by atoms with Gasteiger partial charge >= 0.3 is 6.18 Å². The molecule has 6 heteroatoms. The van der Waals surface area contributed by atoms with Crippen molar-refractivity contribution in [2.75, 3.05) is 19.6 Å². The van der Waals surface area contributed by atoms with Crippen LogP contribution >= 0.6 is 11.6 Å². The summed E-state index contributed by atoms with van der Waals surface area (Å²) < 4.78 is 36.9. The zero-order chi connectivity index (χ0) is 14.5. The molecule has 0 aliphatic carbocycles. The van der Waals surface area contributed by atoms with Crippen LogP contribution in [0.2, 0.25) is 5.02 Å². The SMILES string of the molecule is CCN(CCC(N)c1ccccc1Cl)CC(F)(F)F. The zero-order valence-electron chi connectivity index (χ0n) is 10.8. The molecule has 0 bridgehead atoms. The molecule has 0 aliphatic rings. The standard InChI is InChI=1S/C13H18ClF3N2/c1-2-19(9-13(15,16)17)8-7-12(18)10-5-3-4-6-11(10)14/h3-6,12H,2,7-9,18H2,1H3. The monoisotopic (exact) mass is 294 g/mol. The molecular formula is C13H18ClF3N2. The van der Waals surface area contributed by atoms with Crippen LogP contribution in [0.15, 0.2) is 24.3 Å². The van der Waals surface area contributed by atoms with E-state index >= 15 is 0 Å². The van der Waals surface area contributed by atoms with E-state index in [0.29, 0.717) is 24.5 Å². The summed E-state index contributed by atoms with van der Waals surface area (Å²) >= 11 is 6.00. The van der Waals surface area contributed by atoms with E-state index in [-0.39, 0.29) is 6.04 Å². The Bertz CT molecular complexity index is 396. The molecular weight excluding hydrogens is 277 g/mol. The number of nitrogens with zero attached hydrogens (tertiary/aromatic N) is 1. The van der Waals surface area contributed by atoms with Gasteiger partial charge in [0, 0.05) is 17.6 Å². The average Bonchev–Trinajstić information content (AvgIpc) is 2.33. The van der Waals surface area contributed by atoms with Gasteiger partial charge in [0.1, 0.15) is 0 Å². The topological polar surface area (TPSA) is 29.3 Å². The molecule has 0 aromatic heterocycles. The fourth-order valence-corrected chi connectivity index (χ4v) is 2.13. The summed E-state index contributed by atoms with van der Waals surface area (Å²) in [7, 11) is 0. The first kappa shape index (κ1) is 16.3. The molecule has 0 heterocycles. The van der Waals surface area contributed by atoms with Gasteiger partial charge < -0.3 is 5.73 Å². The molecule has 0 saturated carbocycles. The predicted octanol–water partition coefficient (Wildman–Crippen LogP) is 3.61. The molecule has 0 aliphatic heterocycles. The van der Waals surface area contributed by atoms with E-state index in [1.807, 2.05) is 6.07 Å². The minimum Gasteiger partial charge on any atom is -0.324 e. The molecule has 0 fully saturated rings. The summed E-state index contributed by atoms with van der Waals surface area (Å²) in [4.78, 5) is 1.33. The number of benzene rings is 1. The van der Waals surface area contributed by atoms with Crippen LogP contribution in [0.25, 0.3) is 0 Å². The van der Waals surface area contributed by atoms with Crippen molar-refractivity contribution in [1.29, 1.82) is 0 Å². The highest BCUT2D eigenvalue weighted by atomic mass is 35.5. The van der Waals surface area contributed by atoms with Gasteiger partial charge in [-0.2, -0.15) is 13.2 Å². The lowest BCUT2D eigenvalue weighted by Gasteiger charge is -2.23. The molecule has 19 heavy (non-hydrogen) atoms. The first-order chi connectivity index (χ1) is 8.83. The van der Waals surface area contributed by atoms with Gasteiger partial charge in [-0.3, -0.25) is 4.90 Å². The lowest BCUT2D eigenvalue weighted by molar-refractivity contribution is -0.145. The number of hydrogen-bond donors (Lipinski definition) is 1. The fourth-order valence-electron chi connectivity index (χ4n) is 1.86. The summed E-state index contributed by atoms with van der Waals surface area (Å²) in [6, 6.07) is 6.78. The van der Waals surface area contributed by atoms with Gasteiger partial charge in [0.05, 0.1) is 6.54 Å². The Labute approximate surface area is 116 Å². The lowest BCUT2D eigenvalue weighted by atomic mass is 10.0. The van der Waals surface area contributed by atoms with Crippen molar-refractivity contribution in [2.45, 2.75) is 25.6 Å². The average molecular weight is 295 g/mol. The molecule has 0 spiro atoms. The molecule has 0 radical (unpaired) electrons. The molecule has 1 unspecified atom stereocenters. The molecule has 1 rings (SSSR count). The predicted molar refractivity (Wildman–Crippen MR) is 71.2 cm³/mol. The summed E-state index contributed by atoms with van der Waals surface area (Å²) in [5.41, 5.74) is 6.74. The second-order valence-electron chi connectivity index (χ2n) is 4.40. The van der Waals surface area contributed by atoms with Crippen molar-refractivity contribution in [1.82, 2.24) is 4.90 Å². The normalized spacial score (nSPS) is 13.8. The van der Waals surface area contributed by atoms with Crippen molar-refractivity contribution in [2.24, 2.45) is 5.73 Å². The maximum Gasteiger partial charge on any atom is 0.401 e. The largest absolute Gasteiger partial charge is 0.401 e. The quantitative estimate of drug-likeness (QED) is 0.868. The maximum atomic E-state index is 12.3. The Balaban J connectivity index is 2.53. The van der Waals surface area contributed by atoms with Gasteiger partial charge in [-0.25, -0.2) is 0 Å². The van der Waals surface area contributed by atoms with Crippen LogP contribution in [0.1, 0.15) is 24.9 Å². The van der Waals surface area contributed by atoms with Crippen molar-refractivity contribution < 1.29 is 13.2 Å². The van der Waals surface area contributed by atoms with Crippen molar-refractivity contribution >= 4 is 11.6 Å². The summed E-state index contributed by atoms with van der Waals surface area (Å²) in [5, 5.41) is 0.550. The van der Waals surface area contributed by atoms with Crippen LogP contribution < -0.4 is 5.73 Å². The summed E-state index contributed by atoms with van der Waals surface area (Å²) in [6.45, 7) is 1.43. The Morgan fingerprint density at radius 3 is 2.47 bits per heavy atom. The van der Waals surface area contributed by atoms with Gasteiger partial charge in [0.25, 0.3) is 0 Å². The Hall–Kier alpha value is -0.780. The summed E-state index contributed by atoms with van der Waals surface area (Å²) in [5.74, 6) is 0. The Morgan fingerprint density at radius 1 is 1.32 bits per heavy atom. The lowest BCUT2D eigenvalue weighted by Crippen LogP contribution is -2.35. The Morgan fingerprint density at radius 2 is 1.95 bits per heavy atom. The van der Waals surface area contributed by atoms with Crippen LogP contribution in [0.4, 0.5) is 13.2 Å². The molecule has 2 N–H and O–H groups in total. The first-order valence-electron chi connectivity index (χ1n) is 6.12. The molecule has 108 valence electrons. The minimum absolute atomic E-state index is 0.294. The number of rotatable bonds is 6. The molecule has 0 amide bonds. The van der Waals surface area contributed by atoms with E-state index < -0.39 is 12.7 Å². The molecule has 1 aromatic carbocycles. The minimum atomic E-state index is -4.18. The number of hydrogen-bond acceptors (Lipinski definition) is 2. The third kappa shape index (κ3) is 5.80. The number of halogens is 4. The van der Waals surface area contributed by atoms with Gasteiger partial charge in [-0.05, 0) is 24.6 Å². The molecule has 1 atom stereocenters. The smallest absolute Gasteiger partial charge is 0.324 e. The van der Waals surface area contributed by atoms with Crippen LogP contribution in [-0.2, 0) is 0 Å². The third-order valence-corrected chi connectivity index (χ3v) is 3.26. The van der Waals surface area contributed by atoms with E-state index in [2.05, 4.69) is 0 Å². The van der Waals surface area contributed by atoms with Gasteiger partial charge in [0.15, 0.2) is 0 Å². The van der Waals surface area contributed by atoms with Gasteiger partial charge in [-0.1, -0.05) is 36.7 Å². The fraction of sp³-hybridized carbons (Fsp3) is 0.538. The second kappa shape index (κ2) is 7.12. The molecule has 1 aromatic rings. The van der Waals surface area contributed by atoms with E-state index in [0.717, 1.165) is 5.56 Å². The first-order valence-corrected chi connectivity index (χ1v) is 6.50. The number of alkyl halides is 3. The van der Waals surface area contributed by atoms with Gasteiger partial charge in [0.2, 0.25) is 0 Å². The van der Waals surface area contributed by atoms with E-state index in [4.69, 9.17) is 17.3 Å². The zero-order valence-corrected chi connectivity index (χ0v) is 11.5. The van der Waals surface area contributed by atoms with Crippen molar-refractivity contribution in [3.8, 4) is 0 Å². The van der Waals surface area contributed by atoms with E-state index in [1.165, 1.54) is 4.90 Å². The van der Waals surface area contributed by atoms with Crippen LogP contribution in [-0.4, -0.2) is 30.7 Å². The van der Waals surface area contributed by atoms with Crippen molar-refractivity contribution in [3.63, 3.8) is 0 Å². The number of nitrogens with two attached hydrogens (primary N) is 1. The van der Waals surface area contributed by atoms with Crippen LogP contribution in [0.5, 0.6) is 0 Å².